The summed E-state index contributed by atoms with van der Waals surface area (Å²) in [5.41, 5.74) is 3.03. The van der Waals surface area contributed by atoms with E-state index in [0.717, 1.165) is 12.0 Å². The van der Waals surface area contributed by atoms with Gasteiger partial charge in [-0.1, -0.05) is 6.92 Å². The maximum atomic E-state index is 3.72. The number of aromatic amines is 1. The van der Waals surface area contributed by atoms with E-state index < -0.39 is 0 Å². The van der Waals surface area contributed by atoms with E-state index in [4.69, 9.17) is 0 Å². The van der Waals surface area contributed by atoms with Crippen molar-refractivity contribution in [2.45, 2.75) is 38.3 Å². The van der Waals surface area contributed by atoms with Crippen LogP contribution in [0.1, 0.15) is 36.9 Å². The second kappa shape index (κ2) is 2.61. The third-order valence-corrected chi connectivity index (χ3v) is 3.31. The van der Waals surface area contributed by atoms with Gasteiger partial charge in [0.2, 0.25) is 0 Å². The molecule has 2 unspecified atom stereocenters. The molecular weight excluding hydrogens is 160 g/mol. The molecule has 1 aromatic heterocycles. The van der Waals surface area contributed by atoms with Crippen LogP contribution in [0.3, 0.4) is 0 Å². The molecule has 1 fully saturated rings. The molecule has 13 heavy (non-hydrogen) atoms. The number of aromatic nitrogens is 1. The number of nitrogens with one attached hydrogen (secondary N) is 2. The first kappa shape index (κ1) is 7.63. The van der Waals surface area contributed by atoms with Gasteiger partial charge in [-0.05, 0) is 36.3 Å². The Bertz CT molecular complexity index is 312. The van der Waals surface area contributed by atoms with E-state index in [1.54, 1.807) is 0 Å². The molecule has 2 nitrogen and oxygen atoms in total. The minimum absolute atomic E-state index is 0.619. The van der Waals surface area contributed by atoms with Crippen LogP contribution in [0.2, 0.25) is 0 Å². The van der Waals surface area contributed by atoms with Gasteiger partial charge in [0.15, 0.2) is 0 Å². The Balaban J connectivity index is 1.84. The van der Waals surface area contributed by atoms with Crippen molar-refractivity contribution in [3.8, 4) is 0 Å². The van der Waals surface area contributed by atoms with Crippen LogP contribution >= 0.6 is 0 Å². The summed E-state index contributed by atoms with van der Waals surface area (Å²) in [6.07, 6.45) is 8.31. The fourth-order valence-corrected chi connectivity index (χ4v) is 2.40. The molecule has 2 aliphatic carbocycles. The van der Waals surface area contributed by atoms with Crippen LogP contribution in [-0.4, -0.2) is 11.0 Å². The Morgan fingerprint density at radius 2 is 2.23 bits per heavy atom. The molecule has 2 N–H and O–H groups in total. The van der Waals surface area contributed by atoms with Gasteiger partial charge in [0, 0.05) is 24.5 Å². The zero-order chi connectivity index (χ0) is 8.84. The van der Waals surface area contributed by atoms with Crippen molar-refractivity contribution < 1.29 is 0 Å². The summed E-state index contributed by atoms with van der Waals surface area (Å²) in [7, 11) is 0. The van der Waals surface area contributed by atoms with Crippen LogP contribution in [0.5, 0.6) is 0 Å². The van der Waals surface area contributed by atoms with E-state index >= 15 is 0 Å². The average Bonchev–Trinajstić information content (AvgIpc) is 2.74. The van der Waals surface area contributed by atoms with Crippen molar-refractivity contribution in [2.24, 2.45) is 5.92 Å². The van der Waals surface area contributed by atoms with Gasteiger partial charge in [-0.25, -0.2) is 0 Å². The largest absolute Gasteiger partial charge is 0.367 e. The minimum atomic E-state index is 0.619. The lowest BCUT2D eigenvalue weighted by Crippen LogP contribution is -2.25. The van der Waals surface area contributed by atoms with Gasteiger partial charge in [0.05, 0.1) is 0 Å². The molecule has 0 spiro atoms. The predicted octanol–water partition coefficient (Wildman–Crippen LogP) is 2.00. The molecule has 0 bridgehead atoms. The van der Waals surface area contributed by atoms with Crippen molar-refractivity contribution in [1.82, 2.24) is 10.3 Å². The highest BCUT2D eigenvalue weighted by molar-refractivity contribution is 5.33. The lowest BCUT2D eigenvalue weighted by atomic mass is 10.0. The fraction of sp³-hybridized carbons (Fsp3) is 0.636. The summed E-state index contributed by atoms with van der Waals surface area (Å²) in [4.78, 5) is 3.20. The first-order valence-corrected chi connectivity index (χ1v) is 5.26. The second-order valence-corrected chi connectivity index (χ2v) is 4.54. The maximum absolute atomic E-state index is 3.72. The molecule has 2 heteroatoms. The average molecular weight is 176 g/mol. The second-order valence-electron chi connectivity index (χ2n) is 4.54. The van der Waals surface area contributed by atoms with Gasteiger partial charge < -0.3 is 10.3 Å². The lowest BCUT2D eigenvalue weighted by molar-refractivity contribution is 0.412. The van der Waals surface area contributed by atoms with Crippen molar-refractivity contribution in [3.05, 3.63) is 23.5 Å². The minimum Gasteiger partial charge on any atom is -0.367 e. The van der Waals surface area contributed by atoms with E-state index in [1.807, 2.05) is 0 Å². The van der Waals surface area contributed by atoms with E-state index in [9.17, 15) is 0 Å². The van der Waals surface area contributed by atoms with Crippen molar-refractivity contribution in [1.29, 1.82) is 0 Å². The molecule has 70 valence electrons. The third-order valence-electron chi connectivity index (χ3n) is 3.31. The van der Waals surface area contributed by atoms with Crippen LogP contribution in [0.25, 0.3) is 0 Å². The van der Waals surface area contributed by atoms with Crippen LogP contribution in [0, 0.1) is 5.92 Å². The number of H-pyrrole nitrogens is 1. The van der Waals surface area contributed by atoms with E-state index in [2.05, 4.69) is 29.6 Å². The van der Waals surface area contributed by atoms with Gasteiger partial charge in [0.1, 0.15) is 0 Å². The summed E-state index contributed by atoms with van der Waals surface area (Å²) in [5.74, 6) is 0.778. The van der Waals surface area contributed by atoms with Crippen LogP contribution in [0.4, 0.5) is 0 Å². The number of rotatable bonds is 2. The summed E-state index contributed by atoms with van der Waals surface area (Å²) in [5, 5.41) is 3.72. The van der Waals surface area contributed by atoms with Gasteiger partial charge >= 0.3 is 0 Å². The summed E-state index contributed by atoms with van der Waals surface area (Å²) in [6, 6.07) is 1.43. The van der Waals surface area contributed by atoms with E-state index in [0.29, 0.717) is 6.04 Å². The molecule has 1 saturated carbocycles. The zero-order valence-electron chi connectivity index (χ0n) is 8.01. The Kier molecular flexibility index (Phi) is 1.53. The highest BCUT2D eigenvalue weighted by Crippen LogP contribution is 2.37. The van der Waals surface area contributed by atoms with Crippen molar-refractivity contribution in [3.63, 3.8) is 0 Å². The van der Waals surface area contributed by atoms with Crippen LogP contribution in [-0.2, 0) is 6.42 Å². The Morgan fingerprint density at radius 1 is 1.38 bits per heavy atom. The third kappa shape index (κ3) is 1.20. The lowest BCUT2D eigenvalue weighted by Gasteiger charge is -2.17. The molecule has 0 amide bonds. The standard InChI is InChI=1S/C11H16N2/c1-7-4-8-5-12-6-10(8)11(7)13-9-2-3-9/h5-7,9,11-13H,2-4H2,1H3. The monoisotopic (exact) mass is 176 g/mol. The topological polar surface area (TPSA) is 27.8 Å². The van der Waals surface area contributed by atoms with Crippen LogP contribution < -0.4 is 5.32 Å². The first-order chi connectivity index (χ1) is 6.34. The quantitative estimate of drug-likeness (QED) is 0.708. The normalized spacial score (nSPS) is 32.1. The summed E-state index contributed by atoms with van der Waals surface area (Å²) < 4.78 is 0. The number of fused-ring (bicyclic) bond motifs is 1. The molecule has 2 atom stereocenters. The Labute approximate surface area is 78.7 Å². The van der Waals surface area contributed by atoms with Crippen molar-refractivity contribution >= 4 is 0 Å². The van der Waals surface area contributed by atoms with Gasteiger partial charge in [-0.3, -0.25) is 0 Å². The molecule has 3 rings (SSSR count). The van der Waals surface area contributed by atoms with E-state index in [1.165, 1.54) is 30.4 Å². The molecule has 1 heterocycles. The molecule has 0 saturated heterocycles. The van der Waals surface area contributed by atoms with Crippen LogP contribution in [0.15, 0.2) is 12.4 Å². The molecule has 0 aromatic carbocycles. The Morgan fingerprint density at radius 3 is 3.00 bits per heavy atom. The molecule has 2 aliphatic rings. The number of hydrogen-bond donors (Lipinski definition) is 2. The molecule has 1 aromatic rings. The summed E-state index contributed by atoms with van der Waals surface area (Å²) in [6.45, 7) is 2.35. The first-order valence-electron chi connectivity index (χ1n) is 5.26. The number of hydrogen-bond acceptors (Lipinski definition) is 1. The fourth-order valence-electron chi connectivity index (χ4n) is 2.40. The predicted molar refractivity (Wildman–Crippen MR) is 52.6 cm³/mol. The molecule has 0 aliphatic heterocycles. The van der Waals surface area contributed by atoms with E-state index in [-0.39, 0.29) is 0 Å². The highest BCUT2D eigenvalue weighted by atomic mass is 15.0. The summed E-state index contributed by atoms with van der Waals surface area (Å²) >= 11 is 0. The highest BCUT2D eigenvalue weighted by Gasteiger charge is 2.34. The molecular formula is C11H16N2. The smallest absolute Gasteiger partial charge is 0.0369 e. The SMILES string of the molecule is CC1Cc2c[nH]cc2C1NC1CC1. The maximum Gasteiger partial charge on any atom is 0.0369 e. The molecule has 0 radical (unpaired) electrons. The Hall–Kier alpha value is -0.760. The van der Waals surface area contributed by atoms with Crippen molar-refractivity contribution in [2.75, 3.05) is 0 Å². The zero-order valence-corrected chi connectivity index (χ0v) is 8.01. The van der Waals surface area contributed by atoms with Gasteiger partial charge in [-0.2, -0.15) is 0 Å². The van der Waals surface area contributed by atoms with Gasteiger partial charge in [-0.15, -0.1) is 0 Å². The van der Waals surface area contributed by atoms with Gasteiger partial charge in [0.25, 0.3) is 0 Å².